The van der Waals surface area contributed by atoms with Gasteiger partial charge in [0, 0.05) is 44.7 Å². The summed E-state index contributed by atoms with van der Waals surface area (Å²) < 4.78 is 10.4. The summed E-state index contributed by atoms with van der Waals surface area (Å²) in [7, 11) is 3.65. The summed E-state index contributed by atoms with van der Waals surface area (Å²) in [6.45, 7) is 4.33. The first-order valence-electron chi connectivity index (χ1n) is 9.91. The largest absolute Gasteiger partial charge is 0.468 e. The molecule has 0 N–H and O–H groups in total. The van der Waals surface area contributed by atoms with Crippen LogP contribution in [0, 0.1) is 5.41 Å². The van der Waals surface area contributed by atoms with E-state index in [0.29, 0.717) is 43.2 Å². The highest BCUT2D eigenvalue weighted by molar-refractivity contribution is 5.91. The number of piperidine rings is 2. The Morgan fingerprint density at radius 3 is 2.63 bits per heavy atom. The Hall–Kier alpha value is -2.02. The van der Waals surface area contributed by atoms with E-state index in [2.05, 4.69) is 16.8 Å². The van der Waals surface area contributed by atoms with Crippen LogP contribution in [0.2, 0.25) is 0 Å². The van der Waals surface area contributed by atoms with E-state index >= 15 is 0 Å². The maximum atomic E-state index is 12.7. The molecule has 1 aromatic rings. The lowest BCUT2D eigenvalue weighted by atomic mass is 9.72. The fourth-order valence-electron chi connectivity index (χ4n) is 4.84. The van der Waals surface area contributed by atoms with Gasteiger partial charge in [0.25, 0.3) is 11.9 Å². The van der Waals surface area contributed by atoms with Crippen molar-refractivity contribution < 1.29 is 18.7 Å². The maximum absolute atomic E-state index is 12.7. The summed E-state index contributed by atoms with van der Waals surface area (Å²) in [5.74, 6) is 0.920. The van der Waals surface area contributed by atoms with Gasteiger partial charge in [0.15, 0.2) is 5.76 Å². The molecule has 1 spiro atoms. The molecule has 7 heteroatoms. The molecule has 3 fully saturated rings. The smallest absolute Gasteiger partial charge is 0.289 e. The van der Waals surface area contributed by atoms with Crippen LogP contribution in [0.4, 0.5) is 0 Å². The first-order valence-corrected chi connectivity index (χ1v) is 9.91. The molecule has 1 aromatic heterocycles. The topological polar surface area (TPSA) is 66.2 Å². The zero-order valence-electron chi connectivity index (χ0n) is 16.3. The molecule has 0 aliphatic carbocycles. The summed E-state index contributed by atoms with van der Waals surface area (Å²) in [6.07, 6.45) is 4.56. The summed E-state index contributed by atoms with van der Waals surface area (Å²) >= 11 is 0. The molecule has 1 atom stereocenters. The van der Waals surface area contributed by atoms with Gasteiger partial charge in [-0.1, -0.05) is 0 Å². The minimum atomic E-state index is -0.0747. The number of likely N-dealkylation sites (N-methyl/N-ethyl adjacent to an activating group) is 1. The number of methoxy groups -OCH3 is 1. The molecule has 0 bridgehead atoms. The zero-order chi connectivity index (χ0) is 19.0. The second-order valence-electron chi connectivity index (χ2n) is 8.34. The fourth-order valence-corrected chi connectivity index (χ4v) is 4.84. The Morgan fingerprint density at radius 1 is 1.22 bits per heavy atom. The van der Waals surface area contributed by atoms with E-state index in [-0.39, 0.29) is 11.3 Å². The Bertz CT molecular complexity index is 708. The highest BCUT2D eigenvalue weighted by atomic mass is 16.6. The molecule has 0 radical (unpaired) electrons. The predicted octanol–water partition coefficient (Wildman–Crippen LogP) is 1.84. The number of nitrogens with zero attached hydrogens (tertiary/aromatic N) is 3. The number of furan rings is 1. The van der Waals surface area contributed by atoms with Crippen LogP contribution in [0.3, 0.4) is 0 Å². The number of carbonyl (C=O) groups is 2. The first kappa shape index (κ1) is 18.3. The molecule has 4 rings (SSSR count). The molecule has 0 saturated carbocycles. The lowest BCUT2D eigenvalue weighted by Crippen LogP contribution is -2.55. The molecule has 3 saturated heterocycles. The van der Waals surface area contributed by atoms with Crippen molar-refractivity contribution in [3.05, 3.63) is 17.9 Å². The minimum absolute atomic E-state index is 0.0747. The van der Waals surface area contributed by atoms with Gasteiger partial charge in [-0.2, -0.15) is 0 Å². The van der Waals surface area contributed by atoms with Crippen molar-refractivity contribution >= 4 is 11.8 Å². The maximum Gasteiger partial charge on any atom is 0.289 e. The summed E-state index contributed by atoms with van der Waals surface area (Å²) in [5.41, 5.74) is 0.159. The standard InChI is InChI=1S/C20H29N3O4/c1-21-10-6-15(13-21)23-14-20(7-5-17(23)24)8-11-22(12-9-20)19(25)16-3-4-18(26-2)27-16/h3-4,15H,5-14H2,1-2H3/t15-/m0/s1. The quantitative estimate of drug-likeness (QED) is 0.807. The Labute approximate surface area is 160 Å². The minimum Gasteiger partial charge on any atom is -0.468 e. The highest BCUT2D eigenvalue weighted by Crippen LogP contribution is 2.41. The van der Waals surface area contributed by atoms with Gasteiger partial charge < -0.3 is 23.9 Å². The molecule has 4 heterocycles. The van der Waals surface area contributed by atoms with E-state index in [4.69, 9.17) is 9.15 Å². The number of carbonyl (C=O) groups excluding carboxylic acids is 2. The molecule has 0 unspecified atom stereocenters. The van der Waals surface area contributed by atoms with Crippen molar-refractivity contribution in [2.24, 2.45) is 5.41 Å². The molecule has 7 nitrogen and oxygen atoms in total. The number of rotatable bonds is 3. The van der Waals surface area contributed by atoms with Crippen LogP contribution in [-0.4, -0.2) is 79.4 Å². The SMILES string of the molecule is COc1ccc(C(=O)N2CCC3(CCC(=O)N([C@H]4CCN(C)C4)C3)CC2)o1. The predicted molar refractivity (Wildman–Crippen MR) is 99.7 cm³/mol. The van der Waals surface area contributed by atoms with Crippen LogP contribution < -0.4 is 4.74 Å². The molecule has 3 aliphatic rings. The number of hydrogen-bond acceptors (Lipinski definition) is 5. The van der Waals surface area contributed by atoms with Crippen LogP contribution in [-0.2, 0) is 4.79 Å². The molecule has 3 aliphatic heterocycles. The average molecular weight is 375 g/mol. The summed E-state index contributed by atoms with van der Waals surface area (Å²) in [4.78, 5) is 31.5. The van der Waals surface area contributed by atoms with Gasteiger partial charge in [-0.15, -0.1) is 0 Å². The first-order chi connectivity index (χ1) is 13.0. The molecule has 148 valence electrons. The lowest BCUT2D eigenvalue weighted by Gasteiger charge is -2.48. The number of hydrogen-bond donors (Lipinski definition) is 0. The monoisotopic (exact) mass is 375 g/mol. The van der Waals surface area contributed by atoms with E-state index in [1.807, 2.05) is 4.90 Å². The number of amides is 2. The van der Waals surface area contributed by atoms with Gasteiger partial charge in [-0.3, -0.25) is 9.59 Å². The average Bonchev–Trinajstić information content (AvgIpc) is 3.33. The van der Waals surface area contributed by atoms with Gasteiger partial charge >= 0.3 is 0 Å². The van der Waals surface area contributed by atoms with Gasteiger partial charge in [-0.25, -0.2) is 0 Å². The van der Waals surface area contributed by atoms with Crippen LogP contribution in [0.1, 0.15) is 42.7 Å². The Balaban J connectivity index is 1.38. The third kappa shape index (κ3) is 3.57. The zero-order valence-corrected chi connectivity index (χ0v) is 16.3. The normalized spacial score (nSPS) is 26.0. The van der Waals surface area contributed by atoms with Crippen molar-refractivity contribution in [3.63, 3.8) is 0 Å². The van der Waals surface area contributed by atoms with Crippen LogP contribution in [0.25, 0.3) is 0 Å². The van der Waals surface area contributed by atoms with Gasteiger partial charge in [0.2, 0.25) is 5.91 Å². The van der Waals surface area contributed by atoms with E-state index in [1.165, 1.54) is 7.11 Å². The van der Waals surface area contributed by atoms with Crippen molar-refractivity contribution in [2.45, 2.75) is 38.1 Å². The third-order valence-corrected chi connectivity index (χ3v) is 6.61. The van der Waals surface area contributed by atoms with Crippen molar-refractivity contribution in [1.29, 1.82) is 0 Å². The molecule has 27 heavy (non-hydrogen) atoms. The van der Waals surface area contributed by atoms with E-state index < -0.39 is 0 Å². The molecule has 0 aromatic carbocycles. The summed E-state index contributed by atoms with van der Waals surface area (Å²) in [6, 6.07) is 3.69. The molecular formula is C20H29N3O4. The van der Waals surface area contributed by atoms with Gasteiger partial charge in [0.05, 0.1) is 7.11 Å². The lowest BCUT2D eigenvalue weighted by molar-refractivity contribution is -0.141. The highest BCUT2D eigenvalue weighted by Gasteiger charge is 2.44. The van der Waals surface area contributed by atoms with Gasteiger partial charge in [0.1, 0.15) is 0 Å². The molecular weight excluding hydrogens is 346 g/mol. The van der Waals surface area contributed by atoms with Gasteiger partial charge in [-0.05, 0) is 50.8 Å². The van der Waals surface area contributed by atoms with E-state index in [0.717, 1.165) is 45.3 Å². The van der Waals surface area contributed by atoms with Crippen molar-refractivity contribution in [3.8, 4) is 5.95 Å². The van der Waals surface area contributed by atoms with E-state index in [1.54, 1.807) is 12.1 Å². The second-order valence-corrected chi connectivity index (χ2v) is 8.34. The van der Waals surface area contributed by atoms with Crippen LogP contribution >= 0.6 is 0 Å². The number of ether oxygens (including phenoxy) is 1. The third-order valence-electron chi connectivity index (χ3n) is 6.61. The molecule has 2 amide bonds. The second kappa shape index (κ2) is 7.19. The Morgan fingerprint density at radius 2 is 2.00 bits per heavy atom. The van der Waals surface area contributed by atoms with Crippen molar-refractivity contribution in [1.82, 2.24) is 14.7 Å². The number of likely N-dealkylation sites (tertiary alicyclic amines) is 3. The summed E-state index contributed by atoms with van der Waals surface area (Å²) in [5, 5.41) is 0. The van der Waals surface area contributed by atoms with E-state index in [9.17, 15) is 9.59 Å². The fraction of sp³-hybridized carbons (Fsp3) is 0.700. The Kier molecular flexibility index (Phi) is 4.88. The van der Waals surface area contributed by atoms with Crippen LogP contribution in [0.15, 0.2) is 16.5 Å². The van der Waals surface area contributed by atoms with Crippen LogP contribution in [0.5, 0.6) is 5.95 Å². The van der Waals surface area contributed by atoms with Crippen molar-refractivity contribution in [2.75, 3.05) is 46.9 Å².